The second-order valence-corrected chi connectivity index (χ2v) is 8.56. The van der Waals surface area contributed by atoms with Crippen LogP contribution in [-0.2, 0) is 16.1 Å². The van der Waals surface area contributed by atoms with Crippen LogP contribution in [-0.4, -0.2) is 35.9 Å². The lowest BCUT2D eigenvalue weighted by Crippen LogP contribution is -2.49. The van der Waals surface area contributed by atoms with Crippen molar-refractivity contribution < 1.29 is 14.3 Å². The highest BCUT2D eigenvalue weighted by molar-refractivity contribution is 6.36. The average Bonchev–Trinajstić information content (AvgIpc) is 2.72. The molecule has 0 aromatic heterocycles. The molecule has 0 unspecified atom stereocenters. The van der Waals surface area contributed by atoms with E-state index in [2.05, 4.69) is 5.32 Å². The third-order valence-corrected chi connectivity index (χ3v) is 5.87. The Morgan fingerprint density at radius 3 is 2.35 bits per heavy atom. The van der Waals surface area contributed by atoms with E-state index < -0.39 is 11.9 Å². The highest BCUT2D eigenvalue weighted by atomic mass is 35.5. The molecule has 1 atom stereocenters. The van der Waals surface area contributed by atoms with Gasteiger partial charge in [0.25, 0.3) is 5.91 Å². The monoisotopic (exact) mass is 504 g/mol. The Kier molecular flexibility index (Phi) is 10.2. The summed E-state index contributed by atoms with van der Waals surface area (Å²) in [5.41, 5.74) is 0.553. The normalized spacial score (nSPS) is 11.7. The van der Waals surface area contributed by atoms with E-state index >= 15 is 0 Å². The van der Waals surface area contributed by atoms with E-state index in [0.717, 1.165) is 12.8 Å². The van der Waals surface area contributed by atoms with Crippen LogP contribution in [0.4, 0.5) is 0 Å². The molecule has 168 valence electrons. The highest BCUT2D eigenvalue weighted by Crippen LogP contribution is 2.29. The quantitative estimate of drug-likeness (QED) is 0.402. The molecule has 0 heterocycles. The van der Waals surface area contributed by atoms with Crippen LogP contribution >= 0.6 is 46.4 Å². The molecule has 0 aliphatic carbocycles. The first-order valence-corrected chi connectivity index (χ1v) is 11.3. The first kappa shape index (κ1) is 25.6. The fraction of sp³-hybridized carbons (Fsp3) is 0.364. The second kappa shape index (κ2) is 12.4. The van der Waals surface area contributed by atoms with Crippen LogP contribution in [0.1, 0.15) is 32.3 Å². The number of amides is 2. The lowest BCUT2D eigenvalue weighted by atomic mass is 10.1. The van der Waals surface area contributed by atoms with E-state index in [9.17, 15) is 9.59 Å². The fourth-order valence-corrected chi connectivity index (χ4v) is 3.77. The molecule has 0 saturated heterocycles. The maximum atomic E-state index is 13.1. The summed E-state index contributed by atoms with van der Waals surface area (Å²) in [7, 11) is 0. The number of nitrogens with one attached hydrogen (secondary N) is 1. The molecular formula is C22H24Cl4N2O3. The molecule has 9 heteroatoms. The summed E-state index contributed by atoms with van der Waals surface area (Å²) in [6.07, 6.45) is 1.79. The van der Waals surface area contributed by atoms with Crippen LogP contribution < -0.4 is 10.1 Å². The van der Waals surface area contributed by atoms with Gasteiger partial charge in [-0.1, -0.05) is 65.8 Å². The summed E-state index contributed by atoms with van der Waals surface area (Å²) in [5.74, 6) is -0.371. The molecule has 2 rings (SSSR count). The van der Waals surface area contributed by atoms with Gasteiger partial charge in [-0.05, 0) is 43.7 Å². The largest absolute Gasteiger partial charge is 0.482 e. The smallest absolute Gasteiger partial charge is 0.261 e. The van der Waals surface area contributed by atoms with Gasteiger partial charge in [0.2, 0.25) is 5.91 Å². The van der Waals surface area contributed by atoms with Gasteiger partial charge in [-0.3, -0.25) is 9.59 Å². The van der Waals surface area contributed by atoms with Crippen molar-refractivity contribution in [3.8, 4) is 5.75 Å². The number of hydrogen-bond donors (Lipinski definition) is 1. The molecule has 2 aromatic rings. The van der Waals surface area contributed by atoms with Crippen molar-refractivity contribution in [2.45, 2.75) is 39.3 Å². The number of carbonyl (C=O) groups excluding carboxylic acids is 2. The van der Waals surface area contributed by atoms with Gasteiger partial charge in [-0.15, -0.1) is 0 Å². The Labute approximate surface area is 202 Å². The molecule has 0 bridgehead atoms. The summed E-state index contributed by atoms with van der Waals surface area (Å²) in [5, 5.41) is 4.40. The average molecular weight is 506 g/mol. The predicted molar refractivity (Wildman–Crippen MR) is 126 cm³/mol. The van der Waals surface area contributed by atoms with Crippen molar-refractivity contribution >= 4 is 58.2 Å². The Hall–Kier alpha value is -1.66. The number of nitrogens with zero attached hydrogens (tertiary/aromatic N) is 1. The van der Waals surface area contributed by atoms with E-state index in [1.54, 1.807) is 37.3 Å². The van der Waals surface area contributed by atoms with Gasteiger partial charge in [0.1, 0.15) is 11.8 Å². The van der Waals surface area contributed by atoms with Gasteiger partial charge in [-0.25, -0.2) is 0 Å². The zero-order valence-electron chi connectivity index (χ0n) is 17.3. The first-order chi connectivity index (χ1) is 14.7. The van der Waals surface area contributed by atoms with Crippen LogP contribution in [0.5, 0.6) is 5.75 Å². The predicted octanol–water partition coefficient (Wildman–Crippen LogP) is 6.01. The van der Waals surface area contributed by atoms with Gasteiger partial charge in [0, 0.05) is 33.7 Å². The molecule has 2 aromatic carbocycles. The standard InChI is InChI=1S/C22H24Cl4N2O3/c1-3-4-10-27-22(30)14(2)28(12-16-17(24)6-5-7-18(16)25)21(29)13-31-20-9-8-15(23)11-19(20)26/h5-9,11,14H,3-4,10,12-13H2,1-2H3,(H,27,30)/t14-/m0/s1. The molecule has 31 heavy (non-hydrogen) atoms. The second-order valence-electron chi connectivity index (χ2n) is 6.91. The number of rotatable bonds is 10. The minimum atomic E-state index is -0.763. The Bertz CT molecular complexity index is 903. The van der Waals surface area contributed by atoms with E-state index in [0.29, 0.717) is 32.9 Å². The van der Waals surface area contributed by atoms with E-state index in [1.165, 1.54) is 11.0 Å². The zero-order chi connectivity index (χ0) is 23.0. The van der Waals surface area contributed by atoms with Crippen LogP contribution in [0.3, 0.4) is 0 Å². The molecule has 0 aliphatic rings. The van der Waals surface area contributed by atoms with Crippen molar-refractivity contribution in [1.29, 1.82) is 0 Å². The van der Waals surface area contributed by atoms with Crippen molar-refractivity contribution in [3.05, 3.63) is 62.1 Å². The molecule has 1 N–H and O–H groups in total. The van der Waals surface area contributed by atoms with Gasteiger partial charge >= 0.3 is 0 Å². The molecule has 0 saturated carbocycles. The number of hydrogen-bond acceptors (Lipinski definition) is 3. The molecular weight excluding hydrogens is 482 g/mol. The van der Waals surface area contributed by atoms with Gasteiger partial charge in [0.15, 0.2) is 6.61 Å². The summed E-state index contributed by atoms with van der Waals surface area (Å²) >= 11 is 24.6. The Balaban J connectivity index is 2.20. The van der Waals surface area contributed by atoms with E-state index in [4.69, 9.17) is 51.1 Å². The lowest BCUT2D eigenvalue weighted by molar-refractivity contribution is -0.142. The Morgan fingerprint density at radius 2 is 1.74 bits per heavy atom. The molecule has 0 fully saturated rings. The van der Waals surface area contributed by atoms with Crippen molar-refractivity contribution in [3.63, 3.8) is 0 Å². The highest BCUT2D eigenvalue weighted by Gasteiger charge is 2.27. The maximum absolute atomic E-state index is 13.1. The number of benzene rings is 2. The van der Waals surface area contributed by atoms with Gasteiger partial charge in [0.05, 0.1) is 5.02 Å². The summed E-state index contributed by atoms with van der Waals surface area (Å²) in [6.45, 7) is 3.95. The van der Waals surface area contributed by atoms with E-state index in [1.807, 2.05) is 6.92 Å². The Morgan fingerprint density at radius 1 is 1.06 bits per heavy atom. The van der Waals surface area contributed by atoms with Crippen LogP contribution in [0.2, 0.25) is 20.1 Å². The molecule has 5 nitrogen and oxygen atoms in total. The third-order valence-electron chi connectivity index (χ3n) is 4.63. The molecule has 0 aliphatic heterocycles. The minimum Gasteiger partial charge on any atom is -0.482 e. The van der Waals surface area contributed by atoms with Crippen molar-refractivity contribution in [1.82, 2.24) is 10.2 Å². The number of unbranched alkanes of at least 4 members (excludes halogenated alkanes) is 1. The third kappa shape index (κ3) is 7.46. The fourth-order valence-electron chi connectivity index (χ4n) is 2.79. The molecule has 2 amide bonds. The number of carbonyl (C=O) groups is 2. The lowest BCUT2D eigenvalue weighted by Gasteiger charge is -2.29. The SMILES string of the molecule is CCCCNC(=O)[C@H](C)N(Cc1c(Cl)cccc1Cl)C(=O)COc1ccc(Cl)cc1Cl. The van der Waals surface area contributed by atoms with Crippen LogP contribution in [0.15, 0.2) is 36.4 Å². The van der Waals surface area contributed by atoms with Crippen molar-refractivity contribution in [2.75, 3.05) is 13.2 Å². The molecule has 0 radical (unpaired) electrons. The number of ether oxygens (including phenoxy) is 1. The zero-order valence-corrected chi connectivity index (χ0v) is 20.3. The molecule has 0 spiro atoms. The summed E-state index contributed by atoms with van der Waals surface area (Å²) < 4.78 is 5.58. The van der Waals surface area contributed by atoms with E-state index in [-0.39, 0.29) is 24.1 Å². The summed E-state index contributed by atoms with van der Waals surface area (Å²) in [6, 6.07) is 9.02. The van der Waals surface area contributed by atoms with Crippen LogP contribution in [0.25, 0.3) is 0 Å². The van der Waals surface area contributed by atoms with Gasteiger partial charge < -0.3 is 15.0 Å². The minimum absolute atomic E-state index is 0.0530. The first-order valence-electron chi connectivity index (χ1n) is 9.82. The van der Waals surface area contributed by atoms with Gasteiger partial charge in [-0.2, -0.15) is 0 Å². The summed E-state index contributed by atoms with van der Waals surface area (Å²) in [4.78, 5) is 27.1. The maximum Gasteiger partial charge on any atom is 0.261 e. The number of halogens is 4. The topological polar surface area (TPSA) is 58.6 Å². The van der Waals surface area contributed by atoms with Crippen molar-refractivity contribution in [2.24, 2.45) is 0 Å². The van der Waals surface area contributed by atoms with Crippen LogP contribution in [0, 0.1) is 0 Å².